The van der Waals surface area contributed by atoms with Gasteiger partial charge in [0, 0.05) is 36.8 Å². The van der Waals surface area contributed by atoms with Gasteiger partial charge in [-0.2, -0.15) is 5.10 Å². The lowest BCUT2D eigenvalue weighted by molar-refractivity contribution is 0.186. The molecule has 34 heavy (non-hydrogen) atoms. The lowest BCUT2D eigenvalue weighted by Crippen LogP contribution is -2.38. The van der Waals surface area contributed by atoms with Gasteiger partial charge in [-0.3, -0.25) is 14.9 Å². The molecule has 1 aromatic heterocycles. The van der Waals surface area contributed by atoms with E-state index in [1.807, 2.05) is 5.01 Å². The number of aliphatic imine (C=N–C) groups is 1. The predicted octanol–water partition coefficient (Wildman–Crippen LogP) is 4.08. The van der Waals surface area contributed by atoms with Gasteiger partial charge in [-0.05, 0) is 56.7 Å². The van der Waals surface area contributed by atoms with Crippen LogP contribution in [0.2, 0.25) is 0 Å². The molecule has 8 nitrogen and oxygen atoms in total. The van der Waals surface area contributed by atoms with E-state index in [2.05, 4.69) is 15.1 Å². The molecule has 180 valence electrons. The van der Waals surface area contributed by atoms with E-state index < -0.39 is 10.0 Å². The maximum absolute atomic E-state index is 14.2. The maximum atomic E-state index is 14.2. The predicted molar refractivity (Wildman–Crippen MR) is 130 cm³/mol. The number of hydrazone groups is 1. The normalized spacial score (nSPS) is 25.0. The van der Waals surface area contributed by atoms with Crippen LogP contribution < -0.4 is 0 Å². The summed E-state index contributed by atoms with van der Waals surface area (Å²) in [6, 6.07) is 3.10. The Bertz CT molecular complexity index is 1260. The quantitative estimate of drug-likeness (QED) is 0.617. The molecule has 1 fully saturated rings. The summed E-state index contributed by atoms with van der Waals surface area (Å²) in [7, 11) is -0.759. The molecule has 0 saturated heterocycles. The lowest BCUT2D eigenvalue weighted by Gasteiger charge is -2.35. The van der Waals surface area contributed by atoms with Crippen LogP contribution >= 0.6 is 11.6 Å². The molecule has 1 aromatic rings. The van der Waals surface area contributed by atoms with Crippen molar-refractivity contribution in [2.24, 2.45) is 10.1 Å². The third-order valence-electron chi connectivity index (χ3n) is 6.73. The molecule has 0 atom stereocenters. The van der Waals surface area contributed by atoms with Gasteiger partial charge in [0.25, 0.3) is 10.0 Å². The summed E-state index contributed by atoms with van der Waals surface area (Å²) in [5, 5.41) is 7.25. The highest BCUT2D eigenvalue weighted by Crippen LogP contribution is 2.40. The Morgan fingerprint density at radius 3 is 2.65 bits per heavy atom. The first-order chi connectivity index (χ1) is 16.3. The largest absolute Gasteiger partial charge is 0.271 e. The fraction of sp³-hybridized carbons (Fsp3) is 0.435. The van der Waals surface area contributed by atoms with E-state index in [1.54, 1.807) is 35.8 Å². The number of aromatic nitrogens is 1. The van der Waals surface area contributed by atoms with Crippen LogP contribution in [0, 0.1) is 5.82 Å². The second-order valence-corrected chi connectivity index (χ2v) is 11.5. The topological polar surface area (TPSA) is 81.5 Å². The number of hydrogen-bond donors (Lipinski definition) is 0. The van der Waals surface area contributed by atoms with E-state index in [0.717, 1.165) is 25.7 Å². The number of hydrogen-bond acceptors (Lipinski definition) is 7. The number of halogens is 2. The summed E-state index contributed by atoms with van der Waals surface area (Å²) in [4.78, 5) is 10.5. The van der Waals surface area contributed by atoms with Crippen LogP contribution in [0.5, 0.6) is 0 Å². The minimum Gasteiger partial charge on any atom is -0.271 e. The van der Waals surface area contributed by atoms with Gasteiger partial charge in [0.1, 0.15) is 12.2 Å². The van der Waals surface area contributed by atoms with Crippen molar-refractivity contribution in [2.75, 3.05) is 14.1 Å². The van der Waals surface area contributed by atoms with Crippen molar-refractivity contribution >= 4 is 33.7 Å². The Morgan fingerprint density at radius 2 is 1.94 bits per heavy atom. The Kier molecular flexibility index (Phi) is 6.07. The van der Waals surface area contributed by atoms with Crippen molar-refractivity contribution in [1.29, 1.82) is 0 Å². The Morgan fingerprint density at radius 1 is 1.18 bits per heavy atom. The van der Waals surface area contributed by atoms with Crippen molar-refractivity contribution in [3.05, 3.63) is 63.6 Å². The Hall–Kier alpha value is -2.56. The van der Waals surface area contributed by atoms with Crippen LogP contribution in [-0.4, -0.2) is 59.8 Å². The first-order valence-electron chi connectivity index (χ1n) is 11.3. The first kappa shape index (κ1) is 23.2. The third kappa shape index (κ3) is 3.97. The molecular formula is C23H26ClFN6O2S. The van der Waals surface area contributed by atoms with Crippen LogP contribution in [0.4, 0.5) is 4.39 Å². The molecule has 3 heterocycles. The molecule has 11 heteroatoms. The van der Waals surface area contributed by atoms with Crippen LogP contribution in [0.25, 0.3) is 0 Å². The molecule has 5 rings (SSSR count). The van der Waals surface area contributed by atoms with Crippen molar-refractivity contribution < 1.29 is 12.8 Å². The van der Waals surface area contributed by atoms with E-state index in [0.29, 0.717) is 40.7 Å². The Labute approximate surface area is 203 Å². The smallest absolute Gasteiger partial charge is 0.258 e. The summed E-state index contributed by atoms with van der Waals surface area (Å²) >= 11 is 6.26. The fourth-order valence-electron chi connectivity index (χ4n) is 4.92. The SMILES string of the molecule is CN(C)S(=O)(=O)C1=C2CCC(Cl)=CC2=NC=C2N1C=NN2C1CCC(c2ncccc2F)CC1. The number of nitrogens with zero attached hydrogens (tertiary/aromatic N) is 6. The maximum Gasteiger partial charge on any atom is 0.258 e. The molecule has 0 amide bonds. The average molecular weight is 505 g/mol. The molecule has 0 unspecified atom stereocenters. The minimum absolute atomic E-state index is 0.0447. The molecule has 2 aliphatic carbocycles. The summed E-state index contributed by atoms with van der Waals surface area (Å²) in [5.74, 6) is 0.385. The third-order valence-corrected chi connectivity index (χ3v) is 8.92. The fourth-order valence-corrected chi connectivity index (χ4v) is 6.38. The average Bonchev–Trinajstić information content (AvgIpc) is 3.15. The number of fused-ring (bicyclic) bond motifs is 2. The molecule has 1 saturated carbocycles. The highest BCUT2D eigenvalue weighted by atomic mass is 35.5. The lowest BCUT2D eigenvalue weighted by atomic mass is 9.83. The van der Waals surface area contributed by atoms with Gasteiger partial charge in [0.2, 0.25) is 0 Å². The molecule has 4 aliphatic rings. The number of sulfonamides is 1. The van der Waals surface area contributed by atoms with Crippen LogP contribution in [-0.2, 0) is 10.0 Å². The highest BCUT2D eigenvalue weighted by molar-refractivity contribution is 7.93. The van der Waals surface area contributed by atoms with Crippen LogP contribution in [0.15, 0.2) is 62.2 Å². The van der Waals surface area contributed by atoms with Gasteiger partial charge in [-0.25, -0.2) is 22.1 Å². The zero-order valence-corrected chi connectivity index (χ0v) is 20.6. The van der Waals surface area contributed by atoms with Crippen molar-refractivity contribution in [1.82, 2.24) is 19.2 Å². The molecular weight excluding hydrogens is 479 g/mol. The molecule has 0 spiro atoms. The van der Waals surface area contributed by atoms with Gasteiger partial charge < -0.3 is 0 Å². The van der Waals surface area contributed by atoms with E-state index in [9.17, 15) is 12.8 Å². The van der Waals surface area contributed by atoms with Gasteiger partial charge in [-0.15, -0.1) is 0 Å². The molecule has 2 aliphatic heterocycles. The van der Waals surface area contributed by atoms with Crippen LogP contribution in [0.3, 0.4) is 0 Å². The monoisotopic (exact) mass is 504 g/mol. The van der Waals surface area contributed by atoms with Gasteiger partial charge in [0.05, 0.1) is 23.6 Å². The number of rotatable bonds is 4. The van der Waals surface area contributed by atoms with Gasteiger partial charge >= 0.3 is 0 Å². The minimum atomic E-state index is -3.79. The van der Waals surface area contributed by atoms with E-state index in [-0.39, 0.29) is 22.8 Å². The zero-order chi connectivity index (χ0) is 24.0. The molecule has 0 radical (unpaired) electrons. The summed E-state index contributed by atoms with van der Waals surface area (Å²) in [6.07, 6.45) is 10.7. The summed E-state index contributed by atoms with van der Waals surface area (Å²) in [5.41, 5.74) is 1.71. The van der Waals surface area contributed by atoms with E-state index in [4.69, 9.17) is 11.6 Å². The second-order valence-electron chi connectivity index (χ2n) is 8.99. The van der Waals surface area contributed by atoms with Crippen molar-refractivity contribution in [2.45, 2.75) is 50.5 Å². The van der Waals surface area contributed by atoms with Crippen molar-refractivity contribution in [3.63, 3.8) is 0 Å². The summed E-state index contributed by atoms with van der Waals surface area (Å²) < 4.78 is 42.2. The molecule has 0 aromatic carbocycles. The Balaban J connectivity index is 1.45. The molecule has 0 bridgehead atoms. The summed E-state index contributed by atoms with van der Waals surface area (Å²) in [6.45, 7) is 0. The van der Waals surface area contributed by atoms with E-state index >= 15 is 0 Å². The first-order valence-corrected chi connectivity index (χ1v) is 13.1. The van der Waals surface area contributed by atoms with Crippen molar-refractivity contribution in [3.8, 4) is 0 Å². The second kappa shape index (κ2) is 8.90. The van der Waals surface area contributed by atoms with Gasteiger partial charge in [-0.1, -0.05) is 11.6 Å². The highest BCUT2D eigenvalue weighted by Gasteiger charge is 2.41. The number of allylic oxidation sites excluding steroid dienone is 3. The molecule has 0 N–H and O–H groups in total. The zero-order valence-electron chi connectivity index (χ0n) is 19.0. The number of pyridine rings is 1. The van der Waals surface area contributed by atoms with Crippen LogP contribution in [0.1, 0.15) is 50.1 Å². The van der Waals surface area contributed by atoms with E-state index in [1.165, 1.54) is 24.5 Å². The van der Waals surface area contributed by atoms with Gasteiger partial charge in [0.15, 0.2) is 10.9 Å². The standard InChI is InChI=1S/C23H26ClFN6O2S/c1-29(2)34(32,33)23-18-10-7-16(24)12-20(18)27-13-21-30(23)14-28-31(21)17-8-5-15(6-9-17)22-19(25)4-3-11-26-22/h3-4,11-15,17H,5-10H2,1-2H3.